The quantitative estimate of drug-likeness (QED) is 0.354. The fourth-order valence-electron chi connectivity index (χ4n) is 3.39. The number of rotatable bonds is 4. The van der Waals surface area contributed by atoms with E-state index in [1.807, 2.05) is 0 Å². The molecule has 0 aromatic carbocycles. The number of amides is 2. The minimum atomic E-state index is -1.24. The summed E-state index contributed by atoms with van der Waals surface area (Å²) in [5.41, 5.74) is 5.36. The predicted molar refractivity (Wildman–Crippen MR) is 93.5 cm³/mol. The third kappa shape index (κ3) is 2.89. The molecule has 3 atom stereocenters. The van der Waals surface area contributed by atoms with Crippen LogP contribution in [0, 0.1) is 0 Å². The van der Waals surface area contributed by atoms with E-state index >= 15 is 0 Å². The maximum atomic E-state index is 12.4. The Morgan fingerprint density at radius 1 is 1.46 bits per heavy atom. The van der Waals surface area contributed by atoms with Crippen LogP contribution in [0.4, 0.5) is 5.13 Å². The van der Waals surface area contributed by atoms with Crippen molar-refractivity contribution in [2.45, 2.75) is 29.5 Å². The van der Waals surface area contributed by atoms with Crippen LogP contribution < -0.4 is 5.73 Å². The monoisotopic (exact) mass is 407 g/mol. The first-order chi connectivity index (χ1) is 11.9. The number of β-lactam (4-membered cyclic amide) rings is 1. The molecule has 0 unspecified atom stereocenters. The van der Waals surface area contributed by atoms with Gasteiger partial charge >= 0.3 is 35.5 Å². The minimum absolute atomic E-state index is 0. The topological polar surface area (TPSA) is 139 Å². The van der Waals surface area contributed by atoms with Crippen molar-refractivity contribution in [1.82, 2.24) is 20.0 Å². The fraction of sp³-hybridized carbons (Fsp3) is 0.462. The van der Waals surface area contributed by atoms with Crippen molar-refractivity contribution in [3.8, 4) is 0 Å². The number of hydrogen-bond donors (Lipinski definition) is 2. The summed E-state index contributed by atoms with van der Waals surface area (Å²) in [6, 6.07) is -1.07. The van der Waals surface area contributed by atoms with Gasteiger partial charge in [0.25, 0.3) is 5.91 Å². The van der Waals surface area contributed by atoms with Gasteiger partial charge in [0, 0.05) is 6.92 Å². The Labute approximate surface area is 178 Å². The van der Waals surface area contributed by atoms with Crippen molar-refractivity contribution in [3.05, 3.63) is 11.5 Å². The molecule has 0 saturated carbocycles. The molecule has 0 bridgehead atoms. The number of nitrogens with two attached hydrogens (primary N) is 1. The second-order valence-electron chi connectivity index (χ2n) is 5.74. The van der Waals surface area contributed by atoms with Crippen molar-refractivity contribution >= 4 is 75.6 Å². The molecule has 13 heteroatoms. The van der Waals surface area contributed by atoms with E-state index in [9.17, 15) is 19.5 Å². The Balaban J connectivity index is 0.00000196. The molecule has 3 aliphatic heterocycles. The van der Waals surface area contributed by atoms with E-state index in [-0.39, 0.29) is 65.1 Å². The molecule has 4 rings (SSSR count). The molecule has 0 spiro atoms. The molecule has 0 aliphatic carbocycles. The van der Waals surface area contributed by atoms with E-state index in [2.05, 4.69) is 10.2 Å². The van der Waals surface area contributed by atoms with Gasteiger partial charge in [-0.25, -0.2) is 4.79 Å². The van der Waals surface area contributed by atoms with Gasteiger partial charge in [0.1, 0.15) is 23.9 Å². The summed E-state index contributed by atoms with van der Waals surface area (Å²) < 4.78 is 6.43. The number of aromatic nitrogens is 2. The van der Waals surface area contributed by atoms with E-state index < -0.39 is 24.2 Å². The maximum absolute atomic E-state index is 12.4. The van der Waals surface area contributed by atoms with Crippen molar-refractivity contribution in [3.63, 3.8) is 0 Å². The number of aliphatic carboxylic acids is 1. The standard InChI is InChI=1S/C13H13N5O5S2.Na.H/c1-4(19)17-2-5-7-9(17)10(20)18(7)8(11(21)22)6(23-5)3-24-13-16-15-12(14)25-13;;/h5,7,9H,2-3H2,1H3,(H2,14,15)(H,21,22);;/t5-,7-,9+;;/m1../s1. The van der Waals surface area contributed by atoms with E-state index in [0.717, 1.165) is 0 Å². The second-order valence-corrected chi connectivity index (χ2v) is 7.97. The average Bonchev–Trinajstić information content (AvgIpc) is 3.12. The van der Waals surface area contributed by atoms with Gasteiger partial charge in [-0.3, -0.25) is 14.5 Å². The Morgan fingerprint density at radius 3 is 2.77 bits per heavy atom. The number of nitrogens with zero attached hydrogens (tertiary/aromatic N) is 4. The fourth-order valence-corrected chi connectivity index (χ4v) is 4.96. The molecule has 3 N–H and O–H groups in total. The number of carboxylic acids is 1. The molecule has 0 radical (unpaired) electrons. The number of hydrogen-bond acceptors (Lipinski definition) is 9. The number of likely N-dealkylation sites (tertiary alicyclic amines) is 1. The van der Waals surface area contributed by atoms with Gasteiger partial charge in [-0.15, -0.1) is 10.2 Å². The first-order valence-electron chi connectivity index (χ1n) is 7.33. The van der Waals surface area contributed by atoms with Crippen LogP contribution in [0.15, 0.2) is 15.8 Å². The predicted octanol–water partition coefficient (Wildman–Crippen LogP) is -1.30. The van der Waals surface area contributed by atoms with E-state index in [4.69, 9.17) is 10.5 Å². The number of carboxylic acid groups (broad SMARTS) is 1. The van der Waals surface area contributed by atoms with E-state index in [1.165, 1.54) is 39.8 Å². The number of nitrogen functional groups attached to an aromatic ring is 1. The van der Waals surface area contributed by atoms with Gasteiger partial charge < -0.3 is 20.5 Å². The van der Waals surface area contributed by atoms with Gasteiger partial charge in [-0.2, -0.15) is 0 Å². The Bertz CT molecular complexity index is 830. The zero-order valence-electron chi connectivity index (χ0n) is 12.9. The molecular formula is C13H14N5NaO5S2. The van der Waals surface area contributed by atoms with Crippen LogP contribution in [0.3, 0.4) is 0 Å². The number of carbonyl (C=O) groups is 3. The molecule has 10 nitrogen and oxygen atoms in total. The van der Waals surface area contributed by atoms with Crippen molar-refractivity contribution in [2.75, 3.05) is 18.0 Å². The van der Waals surface area contributed by atoms with E-state index in [1.54, 1.807) is 0 Å². The zero-order valence-corrected chi connectivity index (χ0v) is 14.5. The summed E-state index contributed by atoms with van der Waals surface area (Å²) in [6.45, 7) is 1.65. The molecular weight excluding hydrogens is 393 g/mol. The molecule has 1 aromatic heterocycles. The summed E-state index contributed by atoms with van der Waals surface area (Å²) in [4.78, 5) is 38.5. The Morgan fingerprint density at radius 2 is 2.19 bits per heavy atom. The first kappa shape index (κ1) is 19.4. The normalized spacial score (nSPS) is 26.0. The molecule has 26 heavy (non-hydrogen) atoms. The molecule has 2 amide bonds. The zero-order chi connectivity index (χ0) is 17.9. The van der Waals surface area contributed by atoms with E-state index in [0.29, 0.717) is 9.47 Å². The van der Waals surface area contributed by atoms with Crippen LogP contribution in [-0.2, 0) is 19.1 Å². The third-order valence-corrected chi connectivity index (χ3v) is 6.25. The van der Waals surface area contributed by atoms with Gasteiger partial charge in [0.2, 0.25) is 11.0 Å². The van der Waals surface area contributed by atoms with Crippen LogP contribution >= 0.6 is 23.1 Å². The molecule has 2 saturated heterocycles. The van der Waals surface area contributed by atoms with Crippen molar-refractivity contribution in [2.24, 2.45) is 0 Å². The van der Waals surface area contributed by atoms with Gasteiger partial charge in [-0.05, 0) is 0 Å². The second kappa shape index (κ2) is 7.00. The molecule has 3 aliphatic rings. The van der Waals surface area contributed by atoms with Crippen LogP contribution in [-0.4, -0.2) is 103 Å². The number of ether oxygens (including phenoxy) is 1. The Hall–Kier alpha value is -1.34. The van der Waals surface area contributed by atoms with Gasteiger partial charge in [0.15, 0.2) is 10.0 Å². The summed E-state index contributed by atoms with van der Waals surface area (Å²) in [5, 5.41) is 17.4. The summed E-state index contributed by atoms with van der Waals surface area (Å²) >= 11 is 2.41. The molecule has 1 aromatic rings. The van der Waals surface area contributed by atoms with Crippen LogP contribution in [0.5, 0.6) is 0 Å². The Kier molecular flexibility index (Phi) is 5.23. The van der Waals surface area contributed by atoms with Gasteiger partial charge in [0.05, 0.1) is 12.3 Å². The summed E-state index contributed by atoms with van der Waals surface area (Å²) in [5.74, 6) is -1.49. The SMILES string of the molecule is CC(=O)N1C[C@H]2OC(CSc3nnc(N)s3)=C(C(=O)O)N3C(=O)[C@@H]1[C@@H]23.[NaH]. The third-order valence-electron chi connectivity index (χ3n) is 4.36. The van der Waals surface area contributed by atoms with Crippen molar-refractivity contribution < 1.29 is 24.2 Å². The number of carbonyl (C=O) groups excluding carboxylic acids is 2. The first-order valence-corrected chi connectivity index (χ1v) is 9.14. The van der Waals surface area contributed by atoms with Crippen LogP contribution in [0.2, 0.25) is 0 Å². The van der Waals surface area contributed by atoms with Crippen molar-refractivity contribution in [1.29, 1.82) is 0 Å². The summed E-state index contributed by atoms with van der Waals surface area (Å²) in [7, 11) is 0. The average molecular weight is 407 g/mol. The molecule has 2 fully saturated rings. The van der Waals surface area contributed by atoms with Gasteiger partial charge in [-0.1, -0.05) is 23.1 Å². The molecule has 134 valence electrons. The number of anilines is 1. The van der Waals surface area contributed by atoms with Crippen LogP contribution in [0.25, 0.3) is 0 Å². The molecule has 4 heterocycles. The van der Waals surface area contributed by atoms with Crippen LogP contribution in [0.1, 0.15) is 6.92 Å². The number of thioether (sulfide) groups is 1. The summed E-state index contributed by atoms with van der Waals surface area (Å²) in [6.07, 6.45) is -0.426.